The van der Waals surface area contributed by atoms with E-state index >= 15 is 0 Å². The van der Waals surface area contributed by atoms with Crippen molar-refractivity contribution < 1.29 is 60.5 Å². The lowest BCUT2D eigenvalue weighted by Gasteiger charge is -2.31. The quantitative estimate of drug-likeness (QED) is 0.221. The molecule has 13 nitrogen and oxygen atoms in total. The van der Waals surface area contributed by atoms with Gasteiger partial charge in [-0.15, -0.1) is 0 Å². The van der Waals surface area contributed by atoms with Gasteiger partial charge in [-0.3, -0.25) is 14.4 Å². The normalized spacial score (nSPS) is 17.6. The maximum atomic E-state index is 12.8. The van der Waals surface area contributed by atoms with E-state index < -0.39 is 30.3 Å². The molecule has 3 atom stereocenters. The largest absolute Gasteiger partial charge is 0.490 e. The molecule has 0 bridgehead atoms. The highest BCUT2D eigenvalue weighted by atomic mass is 19.4. The third-order valence-corrected chi connectivity index (χ3v) is 7.29. The van der Waals surface area contributed by atoms with E-state index in [-0.39, 0.29) is 29.7 Å². The Morgan fingerprint density at radius 3 is 2.12 bits per heavy atom. The molecule has 270 valence electrons. The standard InChI is InChI=1S/C26H34N6O3.2C2HF3O2/c1-16-21(7-8-23(27)30-16)15-29-24(33)17(2)31-25(34)22-13-19(14-28-22)11-18-5-3-6-20(12-18)26(35)32-9-4-10-32;2*3-2(4,5)1(6)7/h3,5-8,12,17,19,22,28H,4,9-11,13-15H2,1-2H3,(H2,27,30)(H,29,33)(H,31,34);2*(H,6,7)/t17?,19-,22+;;/m0../s1. The van der Waals surface area contributed by atoms with Gasteiger partial charge in [0.05, 0.1) is 6.04 Å². The molecule has 3 heterocycles. The zero-order chi connectivity index (χ0) is 37.1. The third kappa shape index (κ3) is 13.2. The molecule has 2 aliphatic rings. The second-order valence-corrected chi connectivity index (χ2v) is 11.1. The van der Waals surface area contributed by atoms with Gasteiger partial charge >= 0.3 is 24.3 Å². The molecule has 4 rings (SSSR count). The molecular weight excluding hydrogens is 670 g/mol. The second kappa shape index (κ2) is 17.5. The monoisotopic (exact) mass is 706 g/mol. The summed E-state index contributed by atoms with van der Waals surface area (Å²) >= 11 is 0. The highest BCUT2D eigenvalue weighted by molar-refractivity contribution is 5.94. The molecule has 1 unspecified atom stereocenters. The van der Waals surface area contributed by atoms with Crippen LogP contribution < -0.4 is 21.7 Å². The van der Waals surface area contributed by atoms with Crippen LogP contribution in [0.3, 0.4) is 0 Å². The smallest absolute Gasteiger partial charge is 0.475 e. The molecule has 3 amide bonds. The van der Waals surface area contributed by atoms with E-state index in [2.05, 4.69) is 20.9 Å². The fourth-order valence-electron chi connectivity index (χ4n) is 4.54. The summed E-state index contributed by atoms with van der Waals surface area (Å²) in [4.78, 5) is 61.6. The Balaban J connectivity index is 0.000000500. The van der Waals surface area contributed by atoms with Crippen LogP contribution in [0.5, 0.6) is 0 Å². The number of nitrogen functional groups attached to an aromatic ring is 1. The number of likely N-dealkylation sites (tertiary alicyclic amines) is 1. The van der Waals surface area contributed by atoms with Crippen LogP contribution in [-0.4, -0.2) is 93.8 Å². The molecule has 49 heavy (non-hydrogen) atoms. The fourth-order valence-corrected chi connectivity index (χ4v) is 4.54. The molecule has 2 aromatic rings. The number of anilines is 1. The van der Waals surface area contributed by atoms with Crippen molar-refractivity contribution in [3.05, 3.63) is 58.8 Å². The maximum absolute atomic E-state index is 12.8. The van der Waals surface area contributed by atoms with E-state index in [1.165, 1.54) is 0 Å². The number of amides is 3. The summed E-state index contributed by atoms with van der Waals surface area (Å²) in [5, 5.41) is 23.2. The lowest BCUT2D eigenvalue weighted by Crippen LogP contribution is -2.50. The summed E-state index contributed by atoms with van der Waals surface area (Å²) in [6.45, 7) is 6.22. The third-order valence-electron chi connectivity index (χ3n) is 7.29. The first-order valence-electron chi connectivity index (χ1n) is 14.7. The van der Waals surface area contributed by atoms with Crippen molar-refractivity contribution in [2.45, 2.75) is 64.1 Å². The van der Waals surface area contributed by atoms with E-state index in [0.717, 1.165) is 48.3 Å². The number of nitrogens with two attached hydrogens (primary N) is 1. The van der Waals surface area contributed by atoms with Crippen molar-refractivity contribution in [2.75, 3.05) is 25.4 Å². The minimum Gasteiger partial charge on any atom is -0.475 e. The number of pyridine rings is 1. The SMILES string of the molecule is Cc1nc(N)ccc1CNC(=O)C(C)NC(=O)[C@H]1C[C@H](Cc2cccc(C(=O)N3CCC3)c2)CN1.O=C(O)C(F)(F)F.O=C(O)C(F)(F)F. The molecule has 7 N–H and O–H groups in total. The summed E-state index contributed by atoms with van der Waals surface area (Å²) in [6.07, 6.45) is -7.62. The van der Waals surface area contributed by atoms with Crippen LogP contribution >= 0.6 is 0 Å². The number of alkyl halides is 6. The molecule has 1 aromatic heterocycles. The average molecular weight is 707 g/mol. The number of hydrogen-bond donors (Lipinski definition) is 6. The van der Waals surface area contributed by atoms with Gasteiger partial charge in [0.15, 0.2) is 0 Å². The van der Waals surface area contributed by atoms with Crippen LogP contribution in [-0.2, 0) is 32.1 Å². The summed E-state index contributed by atoms with van der Waals surface area (Å²) < 4.78 is 63.5. The first-order chi connectivity index (χ1) is 22.7. The number of carbonyl (C=O) groups is 5. The lowest BCUT2D eigenvalue weighted by molar-refractivity contribution is -0.193. The minimum absolute atomic E-state index is 0.0926. The summed E-state index contributed by atoms with van der Waals surface area (Å²) in [6, 6.07) is 10.3. The van der Waals surface area contributed by atoms with Gasteiger partial charge < -0.3 is 36.8 Å². The fraction of sp³-hybridized carbons (Fsp3) is 0.467. The van der Waals surface area contributed by atoms with Crippen LogP contribution in [0.2, 0.25) is 0 Å². The van der Waals surface area contributed by atoms with Crippen LogP contribution in [0, 0.1) is 12.8 Å². The number of rotatable bonds is 8. The van der Waals surface area contributed by atoms with Gasteiger partial charge in [0, 0.05) is 30.9 Å². The van der Waals surface area contributed by atoms with Crippen molar-refractivity contribution in [1.82, 2.24) is 25.8 Å². The van der Waals surface area contributed by atoms with E-state index in [0.29, 0.717) is 25.3 Å². The van der Waals surface area contributed by atoms with E-state index in [9.17, 15) is 40.7 Å². The van der Waals surface area contributed by atoms with E-state index in [1.54, 1.807) is 13.0 Å². The molecule has 2 saturated heterocycles. The minimum atomic E-state index is -5.08. The number of halogens is 6. The Morgan fingerprint density at radius 2 is 1.61 bits per heavy atom. The molecule has 1 aromatic carbocycles. The Bertz CT molecular complexity index is 1480. The summed E-state index contributed by atoms with van der Waals surface area (Å²) in [5.74, 6) is -5.14. The average Bonchev–Trinajstić information content (AvgIpc) is 3.44. The van der Waals surface area contributed by atoms with E-state index in [4.69, 9.17) is 25.5 Å². The van der Waals surface area contributed by atoms with Crippen molar-refractivity contribution in [3.8, 4) is 0 Å². The summed E-state index contributed by atoms with van der Waals surface area (Å²) in [5.41, 5.74) is 9.14. The van der Waals surface area contributed by atoms with Crippen LogP contribution in [0.4, 0.5) is 32.2 Å². The van der Waals surface area contributed by atoms with Crippen molar-refractivity contribution in [1.29, 1.82) is 0 Å². The van der Waals surface area contributed by atoms with Crippen molar-refractivity contribution >= 4 is 35.5 Å². The van der Waals surface area contributed by atoms with Gasteiger partial charge in [-0.1, -0.05) is 18.2 Å². The number of carboxylic acids is 2. The predicted octanol–water partition coefficient (Wildman–Crippen LogP) is 2.43. The highest BCUT2D eigenvalue weighted by Gasteiger charge is 2.39. The summed E-state index contributed by atoms with van der Waals surface area (Å²) in [7, 11) is 0. The topological polar surface area (TPSA) is 204 Å². The Morgan fingerprint density at radius 1 is 1.02 bits per heavy atom. The first-order valence-corrected chi connectivity index (χ1v) is 14.7. The van der Waals surface area contributed by atoms with Crippen molar-refractivity contribution in [3.63, 3.8) is 0 Å². The molecule has 2 aliphatic heterocycles. The Kier molecular flexibility index (Phi) is 14.3. The first kappa shape index (κ1) is 40.2. The van der Waals surface area contributed by atoms with Gasteiger partial charge in [0.25, 0.3) is 5.91 Å². The number of aryl methyl sites for hydroxylation is 1. The zero-order valence-electron chi connectivity index (χ0n) is 26.3. The Hall–Kier alpha value is -4.94. The van der Waals surface area contributed by atoms with Crippen LogP contribution in [0.25, 0.3) is 0 Å². The van der Waals surface area contributed by atoms with Gasteiger partial charge in [-0.25, -0.2) is 14.6 Å². The number of aromatic nitrogens is 1. The number of nitrogens with one attached hydrogen (secondary N) is 3. The number of benzene rings is 1. The lowest BCUT2D eigenvalue weighted by atomic mass is 9.95. The van der Waals surface area contributed by atoms with Gasteiger partial charge in [0.2, 0.25) is 11.8 Å². The van der Waals surface area contributed by atoms with Gasteiger partial charge in [-0.2, -0.15) is 26.3 Å². The molecule has 0 spiro atoms. The number of nitrogens with zero attached hydrogens (tertiary/aromatic N) is 2. The molecule has 0 radical (unpaired) electrons. The molecule has 2 fully saturated rings. The van der Waals surface area contributed by atoms with E-state index in [1.807, 2.05) is 42.2 Å². The van der Waals surface area contributed by atoms with Gasteiger partial charge in [0.1, 0.15) is 11.9 Å². The Labute approximate surface area is 276 Å². The zero-order valence-corrected chi connectivity index (χ0v) is 26.3. The second-order valence-electron chi connectivity index (χ2n) is 11.1. The molecule has 19 heteroatoms. The maximum Gasteiger partial charge on any atom is 0.490 e. The van der Waals surface area contributed by atoms with Gasteiger partial charge in [-0.05, 0) is 74.9 Å². The number of aliphatic carboxylic acids is 2. The molecule has 0 aliphatic carbocycles. The van der Waals surface area contributed by atoms with Crippen LogP contribution in [0.15, 0.2) is 36.4 Å². The molecular formula is C30H36F6N6O7. The molecule has 0 saturated carbocycles. The van der Waals surface area contributed by atoms with Crippen LogP contribution in [0.1, 0.15) is 46.9 Å². The van der Waals surface area contributed by atoms with Crippen molar-refractivity contribution in [2.24, 2.45) is 5.92 Å². The predicted molar refractivity (Wildman–Crippen MR) is 161 cm³/mol. The number of carboxylic acid groups (broad SMARTS) is 2. The highest BCUT2D eigenvalue weighted by Crippen LogP contribution is 2.22. The number of hydrogen-bond acceptors (Lipinski definition) is 8. The number of carbonyl (C=O) groups excluding carboxylic acids is 3.